The lowest BCUT2D eigenvalue weighted by Crippen LogP contribution is -2.33. The second-order valence-corrected chi connectivity index (χ2v) is 7.90. The van der Waals surface area contributed by atoms with Crippen molar-refractivity contribution in [3.05, 3.63) is 52.6 Å². The van der Waals surface area contributed by atoms with E-state index in [0.29, 0.717) is 29.6 Å². The minimum atomic E-state index is -0.352. The number of carbonyl (C=O) groups is 2. The van der Waals surface area contributed by atoms with Crippen molar-refractivity contribution in [3.8, 4) is 11.5 Å². The second-order valence-electron chi connectivity index (χ2n) is 7.90. The van der Waals surface area contributed by atoms with Gasteiger partial charge in [-0.3, -0.25) is 9.59 Å². The average molecular weight is 413 g/mol. The summed E-state index contributed by atoms with van der Waals surface area (Å²) in [5.74, 6) is 0.993. The van der Waals surface area contributed by atoms with E-state index in [1.807, 2.05) is 32.9 Å². The summed E-state index contributed by atoms with van der Waals surface area (Å²) in [7, 11) is 1.53. The van der Waals surface area contributed by atoms with E-state index in [4.69, 9.17) is 9.47 Å². The molecule has 0 fully saturated rings. The van der Waals surface area contributed by atoms with Gasteiger partial charge in [0.05, 0.1) is 20.3 Å². The molecule has 0 aliphatic carbocycles. The van der Waals surface area contributed by atoms with Crippen LogP contribution in [0.5, 0.6) is 11.5 Å². The van der Waals surface area contributed by atoms with Gasteiger partial charge in [0.1, 0.15) is 0 Å². The lowest BCUT2D eigenvalue weighted by atomic mass is 10.1. The van der Waals surface area contributed by atoms with E-state index in [9.17, 15) is 9.59 Å². The maximum Gasteiger partial charge on any atom is 0.251 e. The van der Waals surface area contributed by atoms with Gasteiger partial charge in [0.25, 0.3) is 5.91 Å². The third-order valence-corrected chi connectivity index (χ3v) is 4.73. The first-order valence-corrected chi connectivity index (χ1v) is 10.2. The Morgan fingerprint density at radius 3 is 2.27 bits per heavy atom. The normalized spacial score (nSPS) is 10.6. The van der Waals surface area contributed by atoms with Gasteiger partial charge in [-0.2, -0.15) is 0 Å². The van der Waals surface area contributed by atoms with E-state index in [-0.39, 0.29) is 18.4 Å². The number of rotatable bonds is 9. The van der Waals surface area contributed by atoms with Crippen LogP contribution >= 0.6 is 0 Å². The molecule has 0 heterocycles. The highest BCUT2D eigenvalue weighted by atomic mass is 16.5. The van der Waals surface area contributed by atoms with E-state index in [2.05, 4.69) is 24.5 Å². The number of carbonyl (C=O) groups excluding carboxylic acids is 2. The van der Waals surface area contributed by atoms with Gasteiger partial charge in [-0.1, -0.05) is 31.5 Å². The van der Waals surface area contributed by atoms with Crippen molar-refractivity contribution in [2.75, 3.05) is 25.6 Å². The summed E-state index contributed by atoms with van der Waals surface area (Å²) in [5, 5.41) is 5.53. The number of nitrogens with one attached hydrogen (secondary N) is 2. The van der Waals surface area contributed by atoms with Crippen LogP contribution in [0.1, 0.15) is 47.3 Å². The van der Waals surface area contributed by atoms with Crippen molar-refractivity contribution in [3.63, 3.8) is 0 Å². The smallest absolute Gasteiger partial charge is 0.251 e. The van der Waals surface area contributed by atoms with Crippen LogP contribution in [0.3, 0.4) is 0 Å². The molecule has 6 heteroatoms. The number of aryl methyl sites for hydroxylation is 3. The third kappa shape index (κ3) is 6.51. The number of anilines is 1. The third-order valence-electron chi connectivity index (χ3n) is 4.73. The molecule has 0 radical (unpaired) electrons. The first-order chi connectivity index (χ1) is 14.2. The monoisotopic (exact) mass is 412 g/mol. The van der Waals surface area contributed by atoms with Gasteiger partial charge in [0, 0.05) is 11.3 Å². The van der Waals surface area contributed by atoms with E-state index in [0.717, 1.165) is 28.8 Å². The number of hydrogen-bond donors (Lipinski definition) is 2. The van der Waals surface area contributed by atoms with E-state index in [1.54, 1.807) is 18.2 Å². The largest absolute Gasteiger partial charge is 0.493 e. The molecule has 0 aromatic heterocycles. The summed E-state index contributed by atoms with van der Waals surface area (Å²) in [4.78, 5) is 24.8. The molecule has 0 aliphatic rings. The fourth-order valence-corrected chi connectivity index (χ4v) is 3.16. The number of amides is 2. The van der Waals surface area contributed by atoms with Gasteiger partial charge in [-0.25, -0.2) is 0 Å². The molecule has 6 nitrogen and oxygen atoms in total. The molecule has 2 rings (SSSR count). The minimum Gasteiger partial charge on any atom is -0.493 e. The molecule has 2 amide bonds. The summed E-state index contributed by atoms with van der Waals surface area (Å²) in [6.07, 6.45) is 0.931. The Kier molecular flexibility index (Phi) is 8.27. The first kappa shape index (κ1) is 23.3. The predicted octanol–water partition coefficient (Wildman–Crippen LogP) is 4.41. The molecule has 30 heavy (non-hydrogen) atoms. The molecule has 0 saturated heterocycles. The van der Waals surface area contributed by atoms with Gasteiger partial charge >= 0.3 is 0 Å². The van der Waals surface area contributed by atoms with Crippen molar-refractivity contribution in [1.82, 2.24) is 5.32 Å². The van der Waals surface area contributed by atoms with Crippen LogP contribution in [-0.4, -0.2) is 32.1 Å². The van der Waals surface area contributed by atoms with E-state index < -0.39 is 0 Å². The number of methoxy groups -OCH3 is 1. The highest BCUT2D eigenvalue weighted by Gasteiger charge is 2.14. The average Bonchev–Trinajstić information content (AvgIpc) is 2.68. The maximum absolute atomic E-state index is 12.5. The van der Waals surface area contributed by atoms with E-state index in [1.165, 1.54) is 7.11 Å². The molecule has 0 aliphatic heterocycles. The zero-order valence-corrected chi connectivity index (χ0v) is 18.7. The van der Waals surface area contributed by atoms with Crippen LogP contribution < -0.4 is 20.1 Å². The van der Waals surface area contributed by atoms with Crippen molar-refractivity contribution in [2.24, 2.45) is 5.92 Å². The van der Waals surface area contributed by atoms with Crippen LogP contribution in [0.2, 0.25) is 0 Å². The van der Waals surface area contributed by atoms with Gasteiger partial charge in [0.15, 0.2) is 11.5 Å². The van der Waals surface area contributed by atoms with Gasteiger partial charge in [-0.15, -0.1) is 0 Å². The Hall–Kier alpha value is -3.02. The molecule has 0 atom stereocenters. The summed E-state index contributed by atoms with van der Waals surface area (Å²) in [5.41, 5.74) is 4.31. The summed E-state index contributed by atoms with van der Waals surface area (Å²) in [6, 6.07) is 9.02. The van der Waals surface area contributed by atoms with Gasteiger partial charge in [0.2, 0.25) is 5.91 Å². The fourth-order valence-electron chi connectivity index (χ4n) is 3.16. The fraction of sp³-hybridized carbons (Fsp3) is 0.417. The summed E-state index contributed by atoms with van der Waals surface area (Å²) in [6.45, 7) is 10.6. The SMILES string of the molecule is COc1cc(C(=O)NCC(=O)Nc2c(C)cc(C)cc2C)ccc1OCCC(C)C. The molecule has 0 spiro atoms. The summed E-state index contributed by atoms with van der Waals surface area (Å²) < 4.78 is 11.1. The van der Waals surface area contributed by atoms with Crippen molar-refractivity contribution in [2.45, 2.75) is 41.0 Å². The van der Waals surface area contributed by atoms with Gasteiger partial charge in [-0.05, 0) is 62.4 Å². The predicted molar refractivity (Wildman–Crippen MR) is 120 cm³/mol. The second kappa shape index (κ2) is 10.7. The molecule has 0 bridgehead atoms. The highest BCUT2D eigenvalue weighted by molar-refractivity contribution is 6.00. The lowest BCUT2D eigenvalue weighted by molar-refractivity contribution is -0.115. The highest BCUT2D eigenvalue weighted by Crippen LogP contribution is 2.28. The lowest BCUT2D eigenvalue weighted by Gasteiger charge is -2.14. The number of hydrogen-bond acceptors (Lipinski definition) is 4. The topological polar surface area (TPSA) is 76.7 Å². The minimum absolute atomic E-state index is 0.124. The first-order valence-electron chi connectivity index (χ1n) is 10.2. The van der Waals surface area contributed by atoms with Crippen molar-refractivity contribution >= 4 is 17.5 Å². The van der Waals surface area contributed by atoms with Crippen LogP contribution in [-0.2, 0) is 4.79 Å². The number of benzene rings is 2. The van der Waals surface area contributed by atoms with Gasteiger partial charge < -0.3 is 20.1 Å². The Morgan fingerprint density at radius 1 is 1.00 bits per heavy atom. The molecular formula is C24H32N2O4. The Bertz CT molecular complexity index is 883. The Balaban J connectivity index is 1.96. The number of ether oxygens (including phenoxy) is 2. The standard InChI is InChI=1S/C24H32N2O4/c1-15(2)9-10-30-20-8-7-19(13-21(20)29-6)24(28)25-14-22(27)26-23-17(4)11-16(3)12-18(23)5/h7-8,11-13,15H,9-10,14H2,1-6H3,(H,25,28)(H,26,27). The molecule has 162 valence electrons. The maximum atomic E-state index is 12.5. The Labute approximate surface area is 179 Å². The van der Waals surface area contributed by atoms with E-state index >= 15 is 0 Å². The molecule has 2 N–H and O–H groups in total. The molecule has 0 unspecified atom stereocenters. The molecule has 2 aromatic rings. The zero-order chi connectivity index (χ0) is 22.3. The molecule has 2 aromatic carbocycles. The molecule has 0 saturated carbocycles. The van der Waals surface area contributed by atoms with Crippen molar-refractivity contribution in [1.29, 1.82) is 0 Å². The molecular weight excluding hydrogens is 380 g/mol. The van der Waals surface area contributed by atoms with Crippen LogP contribution in [0.4, 0.5) is 5.69 Å². The zero-order valence-electron chi connectivity index (χ0n) is 18.7. The summed E-state index contributed by atoms with van der Waals surface area (Å²) >= 11 is 0. The Morgan fingerprint density at radius 2 is 1.67 bits per heavy atom. The van der Waals surface area contributed by atoms with Crippen LogP contribution in [0.15, 0.2) is 30.3 Å². The van der Waals surface area contributed by atoms with Crippen molar-refractivity contribution < 1.29 is 19.1 Å². The van der Waals surface area contributed by atoms with Crippen LogP contribution in [0.25, 0.3) is 0 Å². The quantitative estimate of drug-likeness (QED) is 0.639. The van der Waals surface area contributed by atoms with Crippen LogP contribution in [0, 0.1) is 26.7 Å².